The van der Waals surface area contributed by atoms with E-state index in [0.29, 0.717) is 12.0 Å². The fraction of sp³-hybridized carbons (Fsp3) is 0.667. The van der Waals surface area contributed by atoms with E-state index in [1.807, 2.05) is 12.1 Å². The van der Waals surface area contributed by atoms with Gasteiger partial charge in [-0.2, -0.15) is 0 Å². The second kappa shape index (κ2) is 6.35. The molecule has 0 unspecified atom stereocenters. The molecule has 0 amide bonds. The Hall–Kier alpha value is -1.13. The molecule has 1 aromatic heterocycles. The van der Waals surface area contributed by atoms with Crippen LogP contribution in [0.5, 0.6) is 0 Å². The average molecular weight is 264 g/mol. The number of ether oxygens (including phenoxy) is 1. The Morgan fingerprint density at radius 3 is 2.63 bits per heavy atom. The van der Waals surface area contributed by atoms with Crippen molar-refractivity contribution in [1.82, 2.24) is 4.98 Å². The van der Waals surface area contributed by atoms with Gasteiger partial charge < -0.3 is 14.7 Å². The first-order valence-corrected chi connectivity index (χ1v) is 7.04. The van der Waals surface area contributed by atoms with Crippen molar-refractivity contribution in [2.24, 2.45) is 0 Å². The molecule has 0 aromatic carbocycles. The average Bonchev–Trinajstić information content (AvgIpc) is 2.46. The van der Waals surface area contributed by atoms with Crippen molar-refractivity contribution in [1.29, 1.82) is 0 Å². The third kappa shape index (κ3) is 3.45. The molecule has 1 aliphatic heterocycles. The fourth-order valence-corrected chi connectivity index (χ4v) is 2.42. The van der Waals surface area contributed by atoms with Gasteiger partial charge in [-0.1, -0.05) is 13.8 Å². The highest BCUT2D eigenvalue weighted by Crippen LogP contribution is 2.23. The summed E-state index contributed by atoms with van der Waals surface area (Å²) in [6, 6.07) is 4.46. The van der Waals surface area contributed by atoms with Gasteiger partial charge in [0.25, 0.3) is 0 Å². The lowest BCUT2D eigenvalue weighted by Crippen LogP contribution is -2.37. The van der Waals surface area contributed by atoms with Gasteiger partial charge in [-0.05, 0) is 36.5 Å². The molecule has 4 nitrogen and oxygen atoms in total. The Morgan fingerprint density at radius 2 is 2.05 bits per heavy atom. The fourth-order valence-electron chi connectivity index (χ4n) is 2.42. The monoisotopic (exact) mass is 264 g/mol. The van der Waals surface area contributed by atoms with Gasteiger partial charge in [0.05, 0.1) is 6.61 Å². The van der Waals surface area contributed by atoms with Gasteiger partial charge in [0.15, 0.2) is 0 Å². The summed E-state index contributed by atoms with van der Waals surface area (Å²) in [7, 11) is 2.09. The number of hydrogen-bond acceptors (Lipinski definition) is 4. The van der Waals surface area contributed by atoms with Gasteiger partial charge in [-0.25, -0.2) is 4.98 Å². The van der Waals surface area contributed by atoms with Crippen molar-refractivity contribution in [3.63, 3.8) is 0 Å². The Kier molecular flexibility index (Phi) is 4.77. The van der Waals surface area contributed by atoms with Crippen LogP contribution >= 0.6 is 0 Å². The van der Waals surface area contributed by atoms with Crippen molar-refractivity contribution >= 4 is 5.82 Å². The lowest BCUT2D eigenvalue weighted by Gasteiger charge is -2.32. The molecule has 0 spiro atoms. The van der Waals surface area contributed by atoms with Gasteiger partial charge in [-0.15, -0.1) is 0 Å². The highest BCUT2D eigenvalue weighted by Gasteiger charge is 2.20. The van der Waals surface area contributed by atoms with Crippen LogP contribution in [0.3, 0.4) is 0 Å². The number of aromatic nitrogens is 1. The molecular formula is C15H24N2O2. The van der Waals surface area contributed by atoms with E-state index in [0.717, 1.165) is 43.1 Å². The van der Waals surface area contributed by atoms with Crippen molar-refractivity contribution < 1.29 is 9.84 Å². The van der Waals surface area contributed by atoms with E-state index >= 15 is 0 Å². The predicted octanol–water partition coefficient (Wildman–Crippen LogP) is 2.31. The van der Waals surface area contributed by atoms with E-state index in [1.165, 1.54) is 0 Å². The zero-order chi connectivity index (χ0) is 13.8. The summed E-state index contributed by atoms with van der Waals surface area (Å²) in [6.07, 6.45) is 2.08. The number of anilines is 1. The summed E-state index contributed by atoms with van der Waals surface area (Å²) in [5.74, 6) is 1.33. The third-order valence-corrected chi connectivity index (χ3v) is 3.77. The summed E-state index contributed by atoms with van der Waals surface area (Å²) in [6.45, 7) is 5.97. The molecular weight excluding hydrogens is 240 g/mol. The van der Waals surface area contributed by atoms with Crippen LogP contribution < -0.4 is 4.90 Å². The summed E-state index contributed by atoms with van der Waals surface area (Å²) < 4.78 is 5.41. The predicted molar refractivity (Wildman–Crippen MR) is 76.5 cm³/mol. The molecule has 4 heteroatoms. The number of rotatable bonds is 4. The van der Waals surface area contributed by atoms with Crippen LogP contribution in [-0.2, 0) is 11.3 Å². The first kappa shape index (κ1) is 14.3. The number of aliphatic hydroxyl groups is 1. The minimum atomic E-state index is 0.0663. The van der Waals surface area contributed by atoms with Crippen LogP contribution in [0.4, 0.5) is 5.82 Å². The standard InChI is InChI=1S/C15H24N2O2/c1-11(2)14-8-12(10-18)9-15(16-14)17(3)13-4-6-19-7-5-13/h8-9,11,13,18H,4-7,10H2,1-3H3. The second-order valence-corrected chi connectivity index (χ2v) is 5.53. The van der Waals surface area contributed by atoms with Crippen LogP contribution in [0, 0.1) is 0 Å². The molecule has 19 heavy (non-hydrogen) atoms. The SMILES string of the molecule is CC(C)c1cc(CO)cc(N(C)C2CCOCC2)n1. The van der Waals surface area contributed by atoms with E-state index in [2.05, 4.69) is 25.8 Å². The van der Waals surface area contributed by atoms with Crippen LogP contribution in [0.1, 0.15) is 43.9 Å². The van der Waals surface area contributed by atoms with Gasteiger partial charge in [0, 0.05) is 32.0 Å². The molecule has 106 valence electrons. The number of aliphatic hydroxyl groups excluding tert-OH is 1. The van der Waals surface area contributed by atoms with Gasteiger partial charge >= 0.3 is 0 Å². The van der Waals surface area contributed by atoms with Crippen molar-refractivity contribution in [3.8, 4) is 0 Å². The van der Waals surface area contributed by atoms with E-state index in [4.69, 9.17) is 9.72 Å². The Balaban J connectivity index is 2.24. The number of hydrogen-bond donors (Lipinski definition) is 1. The molecule has 0 bridgehead atoms. The normalized spacial score (nSPS) is 16.9. The number of nitrogens with zero attached hydrogens (tertiary/aromatic N) is 2. The lowest BCUT2D eigenvalue weighted by atomic mass is 10.1. The van der Waals surface area contributed by atoms with E-state index < -0.39 is 0 Å². The molecule has 1 fully saturated rings. The molecule has 1 saturated heterocycles. The second-order valence-electron chi connectivity index (χ2n) is 5.53. The molecule has 0 saturated carbocycles. The molecule has 1 aliphatic rings. The molecule has 1 aromatic rings. The molecule has 0 aliphatic carbocycles. The topological polar surface area (TPSA) is 45.6 Å². The van der Waals surface area contributed by atoms with Crippen LogP contribution in [-0.4, -0.2) is 36.4 Å². The third-order valence-electron chi connectivity index (χ3n) is 3.77. The van der Waals surface area contributed by atoms with Crippen LogP contribution in [0.15, 0.2) is 12.1 Å². The summed E-state index contributed by atoms with van der Waals surface area (Å²) in [5, 5.41) is 9.39. The lowest BCUT2D eigenvalue weighted by molar-refractivity contribution is 0.0853. The van der Waals surface area contributed by atoms with E-state index in [-0.39, 0.29) is 6.61 Å². The molecule has 2 rings (SSSR count). The maximum absolute atomic E-state index is 9.39. The van der Waals surface area contributed by atoms with Crippen LogP contribution in [0.2, 0.25) is 0 Å². The quantitative estimate of drug-likeness (QED) is 0.906. The van der Waals surface area contributed by atoms with Crippen molar-refractivity contribution in [3.05, 3.63) is 23.4 Å². The first-order valence-electron chi connectivity index (χ1n) is 7.04. The summed E-state index contributed by atoms with van der Waals surface area (Å²) in [4.78, 5) is 6.96. The summed E-state index contributed by atoms with van der Waals surface area (Å²) >= 11 is 0. The highest BCUT2D eigenvalue weighted by atomic mass is 16.5. The van der Waals surface area contributed by atoms with Crippen molar-refractivity contribution in [2.45, 2.75) is 45.3 Å². The smallest absolute Gasteiger partial charge is 0.129 e. The van der Waals surface area contributed by atoms with E-state index in [1.54, 1.807) is 0 Å². The molecule has 2 heterocycles. The van der Waals surface area contributed by atoms with E-state index in [9.17, 15) is 5.11 Å². The molecule has 0 atom stereocenters. The Bertz CT molecular complexity index is 415. The van der Waals surface area contributed by atoms with Gasteiger partial charge in [0.1, 0.15) is 5.82 Å². The molecule has 1 N–H and O–H groups in total. The largest absolute Gasteiger partial charge is 0.392 e. The number of pyridine rings is 1. The maximum atomic E-state index is 9.39. The highest BCUT2D eigenvalue weighted by molar-refractivity contribution is 5.43. The molecule has 0 radical (unpaired) electrons. The Labute approximate surface area is 115 Å². The Morgan fingerprint density at radius 1 is 1.37 bits per heavy atom. The van der Waals surface area contributed by atoms with Crippen LogP contribution in [0.25, 0.3) is 0 Å². The zero-order valence-corrected chi connectivity index (χ0v) is 12.1. The minimum absolute atomic E-state index is 0.0663. The minimum Gasteiger partial charge on any atom is -0.392 e. The van der Waals surface area contributed by atoms with Gasteiger partial charge in [0.2, 0.25) is 0 Å². The first-order chi connectivity index (χ1) is 9.11. The van der Waals surface area contributed by atoms with Gasteiger partial charge in [-0.3, -0.25) is 0 Å². The zero-order valence-electron chi connectivity index (χ0n) is 12.1. The van der Waals surface area contributed by atoms with Crippen molar-refractivity contribution in [2.75, 3.05) is 25.2 Å². The summed E-state index contributed by atoms with van der Waals surface area (Å²) in [5.41, 5.74) is 1.98. The maximum Gasteiger partial charge on any atom is 0.129 e.